The zero-order valence-electron chi connectivity index (χ0n) is 9.63. The van der Waals surface area contributed by atoms with Crippen LogP contribution in [0.4, 0.5) is 0 Å². The molecule has 1 fully saturated rings. The highest BCUT2D eigenvalue weighted by Crippen LogP contribution is 2.28. The summed E-state index contributed by atoms with van der Waals surface area (Å²) in [6.45, 7) is 1.59. The Morgan fingerprint density at radius 3 is 3.28 bits per heavy atom. The van der Waals surface area contributed by atoms with Gasteiger partial charge in [-0.15, -0.1) is 11.3 Å². The molecule has 0 aromatic carbocycles. The Hall–Kier alpha value is -1.71. The van der Waals surface area contributed by atoms with E-state index >= 15 is 0 Å². The van der Waals surface area contributed by atoms with Crippen LogP contribution < -0.4 is 0 Å². The Balaban J connectivity index is 1.79. The Kier molecular flexibility index (Phi) is 3.09. The largest absolute Gasteiger partial charge is 0.381 e. The van der Waals surface area contributed by atoms with E-state index in [0.29, 0.717) is 23.2 Å². The van der Waals surface area contributed by atoms with Crippen LogP contribution >= 0.6 is 11.3 Å². The fourth-order valence-corrected chi connectivity index (χ4v) is 2.76. The summed E-state index contributed by atoms with van der Waals surface area (Å²) in [6, 6.07) is 3.88. The number of hydrogen-bond acceptors (Lipinski definition) is 6. The minimum atomic E-state index is 0.440. The molecule has 1 unspecified atom stereocenters. The van der Waals surface area contributed by atoms with E-state index in [1.165, 1.54) is 11.3 Å². The maximum Gasteiger partial charge on any atom is 0.269 e. The maximum absolute atomic E-state index is 8.96. The molecule has 2 aromatic rings. The monoisotopic (exact) mass is 261 g/mol. The predicted octanol–water partition coefficient (Wildman–Crippen LogP) is 2.25. The van der Waals surface area contributed by atoms with Gasteiger partial charge in [0.05, 0.1) is 5.56 Å². The molecular formula is C12H11N3O2S. The van der Waals surface area contributed by atoms with Gasteiger partial charge in [0.15, 0.2) is 5.82 Å². The van der Waals surface area contributed by atoms with Crippen molar-refractivity contribution in [1.29, 1.82) is 5.26 Å². The number of ether oxygens (including phenoxy) is 1. The average Bonchev–Trinajstić information content (AvgIpc) is 3.09. The zero-order valence-corrected chi connectivity index (χ0v) is 10.4. The molecule has 1 saturated heterocycles. The highest BCUT2D eigenvalue weighted by atomic mass is 32.1. The molecule has 1 atom stereocenters. The summed E-state index contributed by atoms with van der Waals surface area (Å²) in [7, 11) is 0. The molecule has 1 aliphatic rings. The van der Waals surface area contributed by atoms with Gasteiger partial charge in [0.25, 0.3) is 5.89 Å². The fraction of sp³-hybridized carbons (Fsp3) is 0.417. The van der Waals surface area contributed by atoms with E-state index in [2.05, 4.69) is 16.2 Å². The molecule has 2 aromatic heterocycles. The molecule has 0 spiro atoms. The minimum Gasteiger partial charge on any atom is -0.381 e. The van der Waals surface area contributed by atoms with Crippen molar-refractivity contribution >= 4 is 11.3 Å². The van der Waals surface area contributed by atoms with Crippen LogP contribution in [0, 0.1) is 17.2 Å². The number of nitriles is 1. The van der Waals surface area contributed by atoms with E-state index in [1.807, 2.05) is 5.38 Å². The molecule has 3 rings (SSSR count). The van der Waals surface area contributed by atoms with Crippen LogP contribution in [0.5, 0.6) is 0 Å². The zero-order chi connectivity index (χ0) is 12.4. The highest BCUT2D eigenvalue weighted by molar-refractivity contribution is 7.13. The van der Waals surface area contributed by atoms with E-state index in [-0.39, 0.29) is 0 Å². The molecule has 0 aliphatic carbocycles. The first kappa shape index (κ1) is 11.4. The molecule has 5 nitrogen and oxygen atoms in total. The minimum absolute atomic E-state index is 0.440. The molecule has 18 heavy (non-hydrogen) atoms. The van der Waals surface area contributed by atoms with Crippen molar-refractivity contribution in [1.82, 2.24) is 10.1 Å². The van der Waals surface area contributed by atoms with Crippen LogP contribution in [0.2, 0.25) is 0 Å². The molecule has 0 bridgehead atoms. The lowest BCUT2D eigenvalue weighted by Gasteiger charge is -2.00. The smallest absolute Gasteiger partial charge is 0.269 e. The molecule has 6 heteroatoms. The van der Waals surface area contributed by atoms with Crippen LogP contribution in [-0.4, -0.2) is 23.4 Å². The third-order valence-electron chi connectivity index (χ3n) is 2.94. The first-order valence-corrected chi connectivity index (χ1v) is 6.63. The van der Waals surface area contributed by atoms with Gasteiger partial charge in [0.2, 0.25) is 0 Å². The van der Waals surface area contributed by atoms with Crippen LogP contribution in [0.3, 0.4) is 0 Å². The second-order valence-electron chi connectivity index (χ2n) is 4.22. The lowest BCUT2D eigenvalue weighted by molar-refractivity contribution is 0.185. The maximum atomic E-state index is 8.96. The summed E-state index contributed by atoms with van der Waals surface area (Å²) >= 11 is 1.44. The Morgan fingerprint density at radius 1 is 1.56 bits per heavy atom. The predicted molar refractivity (Wildman–Crippen MR) is 65.0 cm³/mol. The Labute approximate surface area is 108 Å². The summed E-state index contributed by atoms with van der Waals surface area (Å²) in [4.78, 5) is 5.10. The standard InChI is InChI=1S/C12H11N3O2S/c13-6-9-2-4-18-11(9)12-14-10(15-17-12)5-8-1-3-16-7-8/h2,4,8H,1,3,5,7H2. The van der Waals surface area contributed by atoms with Crippen molar-refractivity contribution in [2.45, 2.75) is 12.8 Å². The van der Waals surface area contributed by atoms with Crippen molar-refractivity contribution in [3.8, 4) is 16.8 Å². The summed E-state index contributed by atoms with van der Waals surface area (Å²) in [5.41, 5.74) is 0.583. The van der Waals surface area contributed by atoms with Gasteiger partial charge >= 0.3 is 0 Å². The summed E-state index contributed by atoms with van der Waals surface area (Å²) in [5, 5.41) is 14.8. The SMILES string of the molecule is N#Cc1ccsc1-c1nc(CC2CCOC2)no1. The van der Waals surface area contributed by atoms with E-state index in [9.17, 15) is 0 Å². The first-order chi connectivity index (χ1) is 8.86. The van der Waals surface area contributed by atoms with Gasteiger partial charge in [0.1, 0.15) is 10.9 Å². The number of thiophene rings is 1. The van der Waals surface area contributed by atoms with Gasteiger partial charge in [-0.05, 0) is 23.8 Å². The van der Waals surface area contributed by atoms with Crippen molar-refractivity contribution < 1.29 is 9.26 Å². The number of nitrogens with zero attached hydrogens (tertiary/aromatic N) is 3. The lowest BCUT2D eigenvalue weighted by Crippen LogP contribution is -2.04. The molecule has 3 heterocycles. The van der Waals surface area contributed by atoms with Gasteiger partial charge < -0.3 is 9.26 Å². The van der Waals surface area contributed by atoms with Gasteiger partial charge in [-0.25, -0.2) is 0 Å². The van der Waals surface area contributed by atoms with Crippen molar-refractivity contribution in [2.24, 2.45) is 5.92 Å². The molecule has 0 N–H and O–H groups in total. The van der Waals surface area contributed by atoms with Gasteiger partial charge in [-0.3, -0.25) is 0 Å². The number of aromatic nitrogens is 2. The summed E-state index contributed by atoms with van der Waals surface area (Å²) in [6.07, 6.45) is 1.82. The molecule has 0 amide bonds. The molecule has 0 radical (unpaired) electrons. The number of rotatable bonds is 3. The molecular weight excluding hydrogens is 250 g/mol. The summed E-state index contributed by atoms with van der Waals surface area (Å²) in [5.74, 6) is 1.61. The fourth-order valence-electron chi connectivity index (χ4n) is 1.99. The highest BCUT2D eigenvalue weighted by Gasteiger charge is 2.20. The Morgan fingerprint density at radius 2 is 2.50 bits per heavy atom. The van der Waals surface area contributed by atoms with E-state index in [1.54, 1.807) is 6.07 Å². The topological polar surface area (TPSA) is 71.9 Å². The van der Waals surface area contributed by atoms with Gasteiger partial charge in [-0.2, -0.15) is 10.2 Å². The summed E-state index contributed by atoms with van der Waals surface area (Å²) < 4.78 is 10.5. The van der Waals surface area contributed by atoms with E-state index in [0.717, 1.165) is 30.9 Å². The normalized spacial score (nSPS) is 18.9. The second kappa shape index (κ2) is 4.88. The third-order valence-corrected chi connectivity index (χ3v) is 3.85. The average molecular weight is 261 g/mol. The van der Waals surface area contributed by atoms with Crippen LogP contribution in [-0.2, 0) is 11.2 Å². The van der Waals surface area contributed by atoms with Gasteiger partial charge in [-0.1, -0.05) is 5.16 Å². The number of hydrogen-bond donors (Lipinski definition) is 0. The first-order valence-electron chi connectivity index (χ1n) is 5.75. The van der Waals surface area contributed by atoms with Crippen molar-refractivity contribution in [3.05, 3.63) is 22.8 Å². The lowest BCUT2D eigenvalue weighted by atomic mass is 10.1. The third kappa shape index (κ3) is 2.15. The molecule has 0 saturated carbocycles. The van der Waals surface area contributed by atoms with Crippen LogP contribution in [0.15, 0.2) is 16.0 Å². The molecule has 92 valence electrons. The van der Waals surface area contributed by atoms with Gasteiger partial charge in [0, 0.05) is 19.6 Å². The quantitative estimate of drug-likeness (QED) is 0.847. The van der Waals surface area contributed by atoms with Crippen LogP contribution in [0.1, 0.15) is 17.8 Å². The second-order valence-corrected chi connectivity index (χ2v) is 5.14. The van der Waals surface area contributed by atoms with Crippen molar-refractivity contribution in [2.75, 3.05) is 13.2 Å². The van der Waals surface area contributed by atoms with Crippen LogP contribution in [0.25, 0.3) is 10.8 Å². The van der Waals surface area contributed by atoms with E-state index in [4.69, 9.17) is 14.5 Å². The Bertz CT molecular complexity index is 578. The molecule has 1 aliphatic heterocycles. The van der Waals surface area contributed by atoms with E-state index < -0.39 is 0 Å². The van der Waals surface area contributed by atoms with Crippen molar-refractivity contribution in [3.63, 3.8) is 0 Å².